The van der Waals surface area contributed by atoms with Crippen molar-refractivity contribution >= 4 is 0 Å². The van der Waals surface area contributed by atoms with E-state index in [-0.39, 0.29) is 0 Å². The van der Waals surface area contributed by atoms with Crippen molar-refractivity contribution in [3.05, 3.63) is 0 Å². The fraction of sp³-hybridized carbons (Fsp3) is 1.00. The van der Waals surface area contributed by atoms with E-state index in [2.05, 4.69) is 18.7 Å². The fourth-order valence-corrected chi connectivity index (χ4v) is 12.7. The van der Waals surface area contributed by atoms with E-state index in [0.717, 1.165) is 18.1 Å². The molecule has 0 radical (unpaired) electrons. The Labute approximate surface area is 420 Å². The summed E-state index contributed by atoms with van der Waals surface area (Å²) in [7, 11) is 0. The van der Waals surface area contributed by atoms with Gasteiger partial charge in [0, 0.05) is 18.1 Å². The summed E-state index contributed by atoms with van der Waals surface area (Å²) in [6, 6.07) is 2.84. The first-order valence-electron chi connectivity index (χ1n) is 32.6. The second-order valence-corrected chi connectivity index (χ2v) is 23.5. The number of hydrogen-bond donors (Lipinski definition) is 0. The Bertz CT molecular complexity index is 826. The molecule has 2 rings (SSSR count). The van der Waals surface area contributed by atoms with Gasteiger partial charge in [0.2, 0.25) is 0 Å². The van der Waals surface area contributed by atoms with Crippen LogP contribution < -0.4 is 0 Å². The zero-order valence-corrected chi connectivity index (χ0v) is 46.6. The molecular weight excluding hydrogens is 795 g/mol. The van der Waals surface area contributed by atoms with Crippen molar-refractivity contribution in [2.24, 2.45) is 0 Å². The van der Waals surface area contributed by atoms with Crippen molar-refractivity contribution in [3.8, 4) is 0 Å². The van der Waals surface area contributed by atoms with Gasteiger partial charge in [-0.15, -0.1) is 0 Å². The lowest BCUT2D eigenvalue weighted by Crippen LogP contribution is -2.38. The maximum absolute atomic E-state index is 3.08. The molecule has 0 N–H and O–H groups in total. The molecule has 2 aliphatic heterocycles. The molecule has 66 heavy (non-hydrogen) atoms. The third kappa shape index (κ3) is 39.7. The number of nitrogens with zero attached hydrogens (tertiary/aromatic N) is 1. The summed E-state index contributed by atoms with van der Waals surface area (Å²) in [5.41, 5.74) is 0. The number of hydrogen-bond acceptors (Lipinski definition) is 1. The monoisotopic (exact) mass is 924 g/mol. The van der Waals surface area contributed by atoms with E-state index < -0.39 is 0 Å². The lowest BCUT2D eigenvalue weighted by atomic mass is 9.99. The van der Waals surface area contributed by atoms with Crippen LogP contribution in [-0.4, -0.2) is 23.0 Å². The minimum absolute atomic E-state index is 0.940. The maximum atomic E-state index is 3.08. The van der Waals surface area contributed by atoms with Crippen LogP contribution in [0.4, 0.5) is 0 Å². The highest BCUT2D eigenvalue weighted by Gasteiger charge is 2.41. The van der Waals surface area contributed by atoms with Crippen LogP contribution in [0.1, 0.15) is 399 Å². The SMILES string of the molecule is CCCCCCCCCCCCCCCCCCCCCCCCCCCCC[C@@H]1CCC2CC[C@H](CCCCCCCCCCCCCCCCCCCCCCCCCCCCC)N21. The normalized spacial score (nSPS) is 17.5. The van der Waals surface area contributed by atoms with Crippen LogP contribution in [0.2, 0.25) is 0 Å². The van der Waals surface area contributed by atoms with Gasteiger partial charge in [0.1, 0.15) is 0 Å². The van der Waals surface area contributed by atoms with E-state index in [0.29, 0.717) is 0 Å². The minimum atomic E-state index is 0.940. The molecule has 1 heteroatoms. The first kappa shape index (κ1) is 62.1. The van der Waals surface area contributed by atoms with E-state index >= 15 is 0 Å². The van der Waals surface area contributed by atoms with E-state index in [9.17, 15) is 0 Å². The molecule has 2 aliphatic rings. The Balaban J connectivity index is 1.23. The van der Waals surface area contributed by atoms with Crippen LogP contribution in [-0.2, 0) is 0 Å². The van der Waals surface area contributed by atoms with Crippen molar-refractivity contribution in [1.29, 1.82) is 0 Å². The Hall–Kier alpha value is -0.0400. The summed E-state index contributed by atoms with van der Waals surface area (Å²) in [6.07, 6.45) is 89.4. The molecule has 2 fully saturated rings. The summed E-state index contributed by atoms with van der Waals surface area (Å²) in [6.45, 7) is 4.63. The van der Waals surface area contributed by atoms with Crippen LogP contribution in [0.25, 0.3) is 0 Å². The van der Waals surface area contributed by atoms with Crippen molar-refractivity contribution in [2.75, 3.05) is 0 Å². The molecule has 0 aromatic carbocycles. The predicted octanol–water partition coefficient (Wildman–Crippen LogP) is 23.9. The van der Waals surface area contributed by atoms with Crippen LogP contribution in [0, 0.1) is 0 Å². The number of unbranched alkanes of at least 4 members (excludes halogenated alkanes) is 52. The molecule has 0 amide bonds. The van der Waals surface area contributed by atoms with Gasteiger partial charge in [-0.05, 0) is 38.5 Å². The molecule has 1 nitrogen and oxygen atoms in total. The highest BCUT2D eigenvalue weighted by molar-refractivity contribution is 4.97. The predicted molar refractivity (Wildman–Crippen MR) is 302 cm³/mol. The quantitative estimate of drug-likeness (QED) is 0.0550. The van der Waals surface area contributed by atoms with Crippen LogP contribution in [0.5, 0.6) is 0 Å². The van der Waals surface area contributed by atoms with Gasteiger partial charge in [-0.2, -0.15) is 0 Å². The second kappa shape index (κ2) is 51.3. The minimum Gasteiger partial charge on any atom is -0.294 e. The zero-order valence-electron chi connectivity index (χ0n) is 46.6. The third-order valence-electron chi connectivity index (χ3n) is 17.2. The van der Waals surface area contributed by atoms with E-state index in [1.54, 1.807) is 0 Å². The van der Waals surface area contributed by atoms with E-state index in [4.69, 9.17) is 0 Å². The van der Waals surface area contributed by atoms with Crippen LogP contribution >= 0.6 is 0 Å². The van der Waals surface area contributed by atoms with Gasteiger partial charge < -0.3 is 0 Å². The molecule has 0 aromatic rings. The molecule has 0 aromatic heterocycles. The van der Waals surface area contributed by atoms with Crippen molar-refractivity contribution in [3.63, 3.8) is 0 Å². The summed E-state index contributed by atoms with van der Waals surface area (Å²) in [5, 5.41) is 0. The highest BCUT2D eigenvalue weighted by atomic mass is 15.3. The average Bonchev–Trinajstić information content (AvgIpc) is 3.93. The molecule has 2 heterocycles. The van der Waals surface area contributed by atoms with Gasteiger partial charge in [0.05, 0.1) is 0 Å². The van der Waals surface area contributed by atoms with Crippen molar-refractivity contribution in [2.45, 2.75) is 417 Å². The molecule has 0 saturated carbocycles. The standard InChI is InChI=1S/C65H129N/c1-3-5-7-9-11-13-15-17-19-21-23-25-27-29-31-33-35-37-39-41-43-45-47-49-51-53-55-57-63-59-61-65-62-60-64(66(63)65)58-56-54-52-50-48-46-44-42-40-38-36-34-32-30-28-26-24-22-20-18-16-14-12-10-8-6-4-2/h63-65H,3-62H2,1-2H3/t63-,64+,65?. The van der Waals surface area contributed by atoms with Gasteiger partial charge in [-0.3, -0.25) is 4.90 Å². The molecule has 0 spiro atoms. The van der Waals surface area contributed by atoms with Crippen molar-refractivity contribution in [1.82, 2.24) is 4.90 Å². The molecule has 0 bridgehead atoms. The summed E-state index contributed by atoms with van der Waals surface area (Å²) < 4.78 is 0. The van der Waals surface area contributed by atoms with E-state index in [1.807, 2.05) is 0 Å². The van der Waals surface area contributed by atoms with Crippen LogP contribution in [0.3, 0.4) is 0 Å². The lowest BCUT2D eigenvalue weighted by molar-refractivity contribution is 0.161. The largest absolute Gasteiger partial charge is 0.294 e. The van der Waals surface area contributed by atoms with Gasteiger partial charge >= 0.3 is 0 Å². The Kier molecular flexibility index (Phi) is 48.3. The summed E-state index contributed by atoms with van der Waals surface area (Å²) in [5.74, 6) is 0. The molecule has 3 atom stereocenters. The number of rotatable bonds is 56. The van der Waals surface area contributed by atoms with Gasteiger partial charge in [0.25, 0.3) is 0 Å². The Morgan fingerprint density at radius 2 is 0.348 bits per heavy atom. The van der Waals surface area contributed by atoms with Gasteiger partial charge in [-0.25, -0.2) is 0 Å². The molecule has 0 aliphatic carbocycles. The summed E-state index contributed by atoms with van der Waals surface area (Å²) in [4.78, 5) is 3.08. The van der Waals surface area contributed by atoms with E-state index in [1.165, 1.54) is 385 Å². The zero-order chi connectivity index (χ0) is 46.7. The smallest absolute Gasteiger partial charge is 0.0102 e. The summed E-state index contributed by atoms with van der Waals surface area (Å²) >= 11 is 0. The van der Waals surface area contributed by atoms with Crippen LogP contribution in [0.15, 0.2) is 0 Å². The first-order valence-corrected chi connectivity index (χ1v) is 32.6. The molecular formula is C65H129N. The van der Waals surface area contributed by atoms with Crippen molar-refractivity contribution < 1.29 is 0 Å². The fourth-order valence-electron chi connectivity index (χ4n) is 12.7. The molecule has 1 unspecified atom stereocenters. The van der Waals surface area contributed by atoms with Gasteiger partial charge in [0.15, 0.2) is 0 Å². The highest BCUT2D eigenvalue weighted by Crippen LogP contribution is 2.40. The average molecular weight is 925 g/mol. The number of fused-ring (bicyclic) bond motifs is 1. The Morgan fingerprint density at radius 1 is 0.197 bits per heavy atom. The maximum Gasteiger partial charge on any atom is 0.0102 e. The third-order valence-corrected chi connectivity index (χ3v) is 17.2. The lowest BCUT2D eigenvalue weighted by Gasteiger charge is -2.31. The first-order chi connectivity index (χ1) is 32.9. The molecule has 2 saturated heterocycles. The second-order valence-electron chi connectivity index (χ2n) is 23.5. The topological polar surface area (TPSA) is 3.24 Å². The Morgan fingerprint density at radius 3 is 0.515 bits per heavy atom. The van der Waals surface area contributed by atoms with Gasteiger partial charge in [-0.1, -0.05) is 361 Å². The molecule has 394 valence electrons.